The first-order valence-electron chi connectivity index (χ1n) is 8.65. The van der Waals surface area contributed by atoms with Gasteiger partial charge in [-0.05, 0) is 24.6 Å². The van der Waals surface area contributed by atoms with Crippen molar-refractivity contribution in [3.05, 3.63) is 88.0 Å². The number of rotatable bonds is 5. The van der Waals surface area contributed by atoms with E-state index in [-0.39, 0.29) is 5.78 Å². The van der Waals surface area contributed by atoms with Crippen molar-refractivity contribution in [2.24, 2.45) is 0 Å². The fourth-order valence-corrected chi connectivity index (χ4v) is 4.07. The second kappa shape index (κ2) is 7.18. The maximum atomic E-state index is 13.3. The lowest BCUT2D eigenvalue weighted by Crippen LogP contribution is -2.16. The molecule has 132 valence electrons. The van der Waals surface area contributed by atoms with Gasteiger partial charge in [-0.25, -0.2) is 4.98 Å². The number of hydrogen-bond donors (Lipinski definition) is 0. The van der Waals surface area contributed by atoms with Crippen LogP contribution >= 0.6 is 11.3 Å². The molecule has 2 aromatic carbocycles. The summed E-state index contributed by atoms with van der Waals surface area (Å²) in [5, 5.41) is 13.1. The predicted octanol–water partition coefficient (Wildman–Crippen LogP) is 4.94. The molecule has 0 aliphatic rings. The van der Waals surface area contributed by atoms with Crippen molar-refractivity contribution >= 4 is 28.0 Å². The predicted molar refractivity (Wildman–Crippen MR) is 107 cm³/mol. The maximum Gasteiger partial charge on any atom is 0.203 e. The molecule has 0 aliphatic heterocycles. The minimum absolute atomic E-state index is 0.209. The fourth-order valence-electron chi connectivity index (χ4n) is 3.23. The smallest absolute Gasteiger partial charge is 0.203 e. The van der Waals surface area contributed by atoms with Gasteiger partial charge in [-0.2, -0.15) is 5.26 Å². The molecule has 0 bridgehead atoms. The molecule has 0 aliphatic carbocycles. The van der Waals surface area contributed by atoms with E-state index in [4.69, 9.17) is 0 Å². The molecule has 0 fully saturated rings. The number of benzene rings is 2. The maximum absolute atomic E-state index is 13.3. The number of fused-ring (bicyclic) bond motifs is 1. The first-order chi connectivity index (χ1) is 13.2. The van der Waals surface area contributed by atoms with Crippen LogP contribution < -0.4 is 0 Å². The van der Waals surface area contributed by atoms with E-state index in [9.17, 15) is 10.1 Å². The number of thiazole rings is 1. The van der Waals surface area contributed by atoms with Crippen molar-refractivity contribution in [2.75, 3.05) is 0 Å². The van der Waals surface area contributed by atoms with Crippen LogP contribution in [0.4, 0.5) is 0 Å². The average molecular weight is 371 g/mol. The first-order valence-corrected chi connectivity index (χ1v) is 9.53. The van der Waals surface area contributed by atoms with Crippen LogP contribution in [-0.4, -0.2) is 15.3 Å². The Bertz CT molecular complexity index is 1150. The highest BCUT2D eigenvalue weighted by molar-refractivity contribution is 7.10. The van der Waals surface area contributed by atoms with Crippen LogP contribution in [0.1, 0.15) is 32.7 Å². The number of ketones is 1. The molecule has 0 spiro atoms. The summed E-state index contributed by atoms with van der Waals surface area (Å²) < 4.78 is 2.00. The van der Waals surface area contributed by atoms with Crippen molar-refractivity contribution < 1.29 is 4.79 Å². The van der Waals surface area contributed by atoms with E-state index >= 15 is 0 Å². The van der Waals surface area contributed by atoms with Gasteiger partial charge in [0.15, 0.2) is 5.92 Å². The number of para-hydroxylation sites is 1. The zero-order valence-corrected chi connectivity index (χ0v) is 15.6. The molecule has 0 amide bonds. The number of aromatic nitrogens is 2. The van der Waals surface area contributed by atoms with E-state index in [1.165, 1.54) is 11.3 Å². The van der Waals surface area contributed by atoms with Gasteiger partial charge < -0.3 is 4.57 Å². The topological polar surface area (TPSA) is 58.7 Å². The number of hydrogen-bond acceptors (Lipinski definition) is 4. The molecule has 1 atom stereocenters. The molecule has 5 heteroatoms. The third-order valence-electron chi connectivity index (χ3n) is 4.52. The zero-order chi connectivity index (χ0) is 18.8. The van der Waals surface area contributed by atoms with Gasteiger partial charge in [-0.1, -0.05) is 48.5 Å². The third kappa shape index (κ3) is 3.27. The lowest BCUT2D eigenvalue weighted by molar-refractivity contribution is 0.0970. The van der Waals surface area contributed by atoms with Crippen LogP contribution in [0.3, 0.4) is 0 Å². The highest BCUT2D eigenvalue weighted by Gasteiger charge is 2.28. The van der Waals surface area contributed by atoms with Crippen LogP contribution in [0, 0.1) is 18.3 Å². The summed E-state index contributed by atoms with van der Waals surface area (Å²) in [6, 6.07) is 22.0. The summed E-state index contributed by atoms with van der Waals surface area (Å²) in [6.45, 7) is 2.44. The highest BCUT2D eigenvalue weighted by atomic mass is 32.1. The Kier molecular flexibility index (Phi) is 4.57. The molecule has 2 aromatic heterocycles. The van der Waals surface area contributed by atoms with E-state index in [2.05, 4.69) is 11.1 Å². The Morgan fingerprint density at radius 3 is 2.63 bits per heavy atom. The Labute approximate surface area is 161 Å². The summed E-state index contributed by atoms with van der Waals surface area (Å²) in [7, 11) is 0. The number of carbonyl (C=O) groups excluding carboxylic acids is 1. The van der Waals surface area contributed by atoms with Crippen molar-refractivity contribution in [1.82, 2.24) is 9.55 Å². The molecule has 1 unspecified atom stereocenters. The van der Waals surface area contributed by atoms with Gasteiger partial charge >= 0.3 is 0 Å². The minimum Gasteiger partial charge on any atom is -0.334 e. The van der Waals surface area contributed by atoms with E-state index in [0.29, 0.717) is 17.2 Å². The summed E-state index contributed by atoms with van der Waals surface area (Å²) in [5.41, 5.74) is 3.45. The Balaban J connectivity index is 1.82. The SMILES string of the molecule is Cc1csc(C(C#N)C(=O)c2cc3ccccc3n2Cc2ccccc2)n1. The van der Waals surface area contributed by atoms with E-state index < -0.39 is 5.92 Å². The lowest BCUT2D eigenvalue weighted by atomic mass is 10.0. The third-order valence-corrected chi connectivity index (χ3v) is 5.55. The normalized spacial score (nSPS) is 12.0. The van der Waals surface area contributed by atoms with Crippen LogP contribution in [0.5, 0.6) is 0 Å². The van der Waals surface area contributed by atoms with Gasteiger partial charge in [0.2, 0.25) is 5.78 Å². The molecule has 2 heterocycles. The number of carbonyl (C=O) groups is 1. The molecule has 4 nitrogen and oxygen atoms in total. The summed E-state index contributed by atoms with van der Waals surface area (Å²) >= 11 is 1.36. The average Bonchev–Trinajstić information content (AvgIpc) is 3.27. The second-order valence-corrected chi connectivity index (χ2v) is 7.30. The zero-order valence-electron chi connectivity index (χ0n) is 14.8. The van der Waals surface area contributed by atoms with Gasteiger partial charge in [-0.3, -0.25) is 4.79 Å². The Morgan fingerprint density at radius 2 is 1.93 bits per heavy atom. The van der Waals surface area contributed by atoms with Crippen molar-refractivity contribution in [3.63, 3.8) is 0 Å². The summed E-state index contributed by atoms with van der Waals surface area (Å²) in [4.78, 5) is 17.7. The molecule has 0 saturated heterocycles. The monoisotopic (exact) mass is 371 g/mol. The minimum atomic E-state index is -0.887. The van der Waals surface area contributed by atoms with Crippen LogP contribution in [-0.2, 0) is 6.54 Å². The molecular formula is C22H17N3OS. The van der Waals surface area contributed by atoms with Crippen LogP contribution in [0.2, 0.25) is 0 Å². The van der Waals surface area contributed by atoms with Crippen molar-refractivity contribution in [1.29, 1.82) is 5.26 Å². The molecule has 27 heavy (non-hydrogen) atoms. The van der Waals surface area contributed by atoms with Crippen molar-refractivity contribution in [2.45, 2.75) is 19.4 Å². The number of Topliss-reactive ketones (excluding diaryl/α,β-unsaturated/α-hetero) is 1. The molecular weight excluding hydrogens is 354 g/mol. The van der Waals surface area contributed by atoms with E-state index in [0.717, 1.165) is 22.2 Å². The molecule has 0 saturated carbocycles. The first kappa shape index (κ1) is 17.2. The van der Waals surface area contributed by atoms with Gasteiger partial charge in [0.25, 0.3) is 0 Å². The summed E-state index contributed by atoms with van der Waals surface area (Å²) in [6.07, 6.45) is 0. The van der Waals surface area contributed by atoms with Gasteiger partial charge in [0.1, 0.15) is 5.01 Å². The van der Waals surface area contributed by atoms with Gasteiger partial charge in [0, 0.05) is 28.5 Å². The van der Waals surface area contributed by atoms with Gasteiger partial charge in [-0.15, -0.1) is 11.3 Å². The fraction of sp³-hybridized carbons (Fsp3) is 0.136. The standard InChI is InChI=1S/C22H17N3OS/c1-15-14-27-22(24-15)18(12-23)21(26)20-11-17-9-5-6-10-19(17)25(20)13-16-7-3-2-4-8-16/h2-11,14,18H,13H2,1H3. The van der Waals surface area contributed by atoms with E-state index in [1.54, 1.807) is 0 Å². The summed E-state index contributed by atoms with van der Waals surface area (Å²) in [5.74, 6) is -1.10. The highest BCUT2D eigenvalue weighted by Crippen LogP contribution is 2.28. The Morgan fingerprint density at radius 1 is 1.19 bits per heavy atom. The van der Waals surface area contributed by atoms with Gasteiger partial charge in [0.05, 0.1) is 11.8 Å². The second-order valence-electron chi connectivity index (χ2n) is 6.41. The molecule has 0 radical (unpaired) electrons. The number of aryl methyl sites for hydroxylation is 1. The Hall–Kier alpha value is -3.23. The molecule has 4 rings (SSSR count). The number of nitrogens with zero attached hydrogens (tertiary/aromatic N) is 3. The van der Waals surface area contributed by atoms with Crippen LogP contribution in [0.15, 0.2) is 66.0 Å². The van der Waals surface area contributed by atoms with E-state index in [1.807, 2.05) is 77.5 Å². The van der Waals surface area contributed by atoms with Crippen molar-refractivity contribution in [3.8, 4) is 6.07 Å². The number of nitriles is 1. The van der Waals surface area contributed by atoms with Crippen LogP contribution in [0.25, 0.3) is 10.9 Å². The molecule has 0 N–H and O–H groups in total. The quantitative estimate of drug-likeness (QED) is 0.467. The molecule has 4 aromatic rings. The largest absolute Gasteiger partial charge is 0.334 e. The lowest BCUT2D eigenvalue weighted by Gasteiger charge is -2.12.